The van der Waals surface area contributed by atoms with Crippen molar-refractivity contribution in [2.24, 2.45) is 10.7 Å². The molecule has 0 aromatic heterocycles. The van der Waals surface area contributed by atoms with Crippen LogP contribution in [-0.2, 0) is 6.42 Å². The summed E-state index contributed by atoms with van der Waals surface area (Å²) in [5.74, 6) is -0.340. The molecule has 0 saturated carbocycles. The number of hydrogen-bond donors (Lipinski definition) is 2. The molecule has 0 unspecified atom stereocenters. The van der Waals surface area contributed by atoms with Gasteiger partial charge in [0.2, 0.25) is 0 Å². The molecular formula is C16H17F2N3O. The first-order valence-corrected chi connectivity index (χ1v) is 6.73. The molecule has 0 spiro atoms. The minimum absolute atomic E-state index is 0.210. The van der Waals surface area contributed by atoms with Gasteiger partial charge >= 0.3 is 0 Å². The summed E-state index contributed by atoms with van der Waals surface area (Å²) in [6.45, 7) is 0.316. The lowest BCUT2D eigenvalue weighted by Gasteiger charge is -2.10. The number of ether oxygens (including phenoxy) is 1. The summed E-state index contributed by atoms with van der Waals surface area (Å²) in [5.41, 5.74) is 7.02. The normalized spacial score (nSPS) is 11.3. The largest absolute Gasteiger partial charge is 0.495 e. The minimum atomic E-state index is -0.598. The summed E-state index contributed by atoms with van der Waals surface area (Å²) in [7, 11) is 1.56. The van der Waals surface area contributed by atoms with Gasteiger partial charge in [-0.3, -0.25) is 4.99 Å². The lowest BCUT2D eigenvalue weighted by molar-refractivity contribution is 0.417. The number of anilines is 1. The van der Waals surface area contributed by atoms with E-state index in [-0.39, 0.29) is 5.96 Å². The van der Waals surface area contributed by atoms with Crippen LogP contribution in [0.25, 0.3) is 0 Å². The maximum absolute atomic E-state index is 13.1. The zero-order chi connectivity index (χ0) is 15.9. The Bertz CT molecular complexity index is 654. The van der Waals surface area contributed by atoms with E-state index in [4.69, 9.17) is 10.5 Å². The topological polar surface area (TPSA) is 59.6 Å². The maximum Gasteiger partial charge on any atom is 0.193 e. The molecule has 2 rings (SSSR count). The van der Waals surface area contributed by atoms with Crippen molar-refractivity contribution < 1.29 is 13.5 Å². The number of methoxy groups -OCH3 is 1. The number of para-hydroxylation sites is 2. The number of hydrogen-bond acceptors (Lipinski definition) is 2. The Morgan fingerprint density at radius 1 is 1.18 bits per heavy atom. The van der Waals surface area contributed by atoms with Crippen molar-refractivity contribution in [2.75, 3.05) is 19.0 Å². The van der Waals surface area contributed by atoms with Crippen molar-refractivity contribution in [1.29, 1.82) is 0 Å². The monoisotopic (exact) mass is 305 g/mol. The molecule has 0 bridgehead atoms. The lowest BCUT2D eigenvalue weighted by atomic mass is 10.1. The van der Waals surface area contributed by atoms with Gasteiger partial charge in [-0.05, 0) is 36.2 Å². The third-order valence-electron chi connectivity index (χ3n) is 2.97. The Balaban J connectivity index is 1.95. The molecule has 4 nitrogen and oxygen atoms in total. The molecule has 3 N–H and O–H groups in total. The van der Waals surface area contributed by atoms with E-state index in [0.29, 0.717) is 30.0 Å². The Morgan fingerprint density at radius 2 is 1.86 bits per heavy atom. The van der Waals surface area contributed by atoms with Crippen molar-refractivity contribution in [1.82, 2.24) is 0 Å². The number of guanidine groups is 1. The third kappa shape index (κ3) is 4.44. The van der Waals surface area contributed by atoms with E-state index in [9.17, 15) is 8.78 Å². The van der Waals surface area contributed by atoms with Crippen molar-refractivity contribution in [3.05, 3.63) is 59.7 Å². The molecule has 0 saturated heterocycles. The number of rotatable bonds is 5. The van der Waals surface area contributed by atoms with Crippen LogP contribution in [0.2, 0.25) is 0 Å². The fourth-order valence-electron chi connectivity index (χ4n) is 1.99. The first-order valence-electron chi connectivity index (χ1n) is 6.73. The fourth-order valence-corrected chi connectivity index (χ4v) is 1.99. The number of benzene rings is 2. The van der Waals surface area contributed by atoms with E-state index in [2.05, 4.69) is 10.3 Å². The molecule has 2 aromatic carbocycles. The SMILES string of the molecule is COc1ccccc1NC(N)=NCCc1cc(F)cc(F)c1. The Morgan fingerprint density at radius 3 is 2.55 bits per heavy atom. The van der Waals surface area contributed by atoms with Crippen LogP contribution in [0.4, 0.5) is 14.5 Å². The Kier molecular flexibility index (Phi) is 5.30. The van der Waals surface area contributed by atoms with Crippen LogP contribution in [0, 0.1) is 11.6 Å². The van der Waals surface area contributed by atoms with Gasteiger partial charge in [0.25, 0.3) is 0 Å². The van der Waals surface area contributed by atoms with Crippen LogP contribution in [0.5, 0.6) is 5.75 Å². The molecule has 116 valence electrons. The highest BCUT2D eigenvalue weighted by molar-refractivity contribution is 5.93. The van der Waals surface area contributed by atoms with Crippen LogP contribution >= 0.6 is 0 Å². The van der Waals surface area contributed by atoms with Gasteiger partial charge in [0.1, 0.15) is 17.4 Å². The molecule has 2 aromatic rings. The van der Waals surface area contributed by atoms with Gasteiger partial charge < -0.3 is 15.8 Å². The average molecular weight is 305 g/mol. The average Bonchev–Trinajstić information content (AvgIpc) is 2.46. The van der Waals surface area contributed by atoms with E-state index in [0.717, 1.165) is 6.07 Å². The Hall–Kier alpha value is -2.63. The molecule has 6 heteroatoms. The summed E-state index contributed by atoms with van der Waals surface area (Å²) in [5, 5.41) is 2.93. The van der Waals surface area contributed by atoms with Crippen molar-refractivity contribution in [2.45, 2.75) is 6.42 Å². The standard InChI is InChI=1S/C16H17F2N3O/c1-22-15-5-3-2-4-14(15)21-16(19)20-7-6-11-8-12(17)10-13(18)9-11/h2-5,8-10H,6-7H2,1H3,(H3,19,20,21). The zero-order valence-electron chi connectivity index (χ0n) is 12.1. The van der Waals surface area contributed by atoms with Crippen molar-refractivity contribution in [3.63, 3.8) is 0 Å². The Labute approximate surface area is 127 Å². The van der Waals surface area contributed by atoms with E-state index in [1.807, 2.05) is 18.2 Å². The van der Waals surface area contributed by atoms with Crippen LogP contribution in [0.3, 0.4) is 0 Å². The summed E-state index contributed by atoms with van der Waals surface area (Å²) >= 11 is 0. The lowest BCUT2D eigenvalue weighted by Crippen LogP contribution is -2.23. The second-order valence-electron chi connectivity index (χ2n) is 4.62. The summed E-state index contributed by atoms with van der Waals surface area (Å²) in [6.07, 6.45) is 0.392. The van der Waals surface area contributed by atoms with Crippen LogP contribution in [0.1, 0.15) is 5.56 Å². The molecule has 0 amide bonds. The van der Waals surface area contributed by atoms with Crippen molar-refractivity contribution in [3.8, 4) is 5.75 Å². The molecule has 0 aliphatic heterocycles. The maximum atomic E-state index is 13.1. The van der Waals surface area contributed by atoms with E-state index < -0.39 is 11.6 Å². The second-order valence-corrected chi connectivity index (χ2v) is 4.62. The van der Waals surface area contributed by atoms with Gasteiger partial charge in [-0.1, -0.05) is 12.1 Å². The number of aliphatic imine (C=N–C) groups is 1. The molecule has 0 aliphatic rings. The van der Waals surface area contributed by atoms with E-state index >= 15 is 0 Å². The summed E-state index contributed by atoms with van der Waals surface area (Å²) < 4.78 is 31.3. The van der Waals surface area contributed by atoms with Gasteiger partial charge in [-0.15, -0.1) is 0 Å². The quantitative estimate of drug-likeness (QED) is 0.659. The number of nitrogens with one attached hydrogen (secondary N) is 1. The van der Waals surface area contributed by atoms with Crippen molar-refractivity contribution >= 4 is 11.6 Å². The molecule has 0 heterocycles. The highest BCUT2D eigenvalue weighted by atomic mass is 19.1. The second kappa shape index (κ2) is 7.40. The minimum Gasteiger partial charge on any atom is -0.495 e. The van der Waals surface area contributed by atoms with Crippen LogP contribution in [-0.4, -0.2) is 19.6 Å². The predicted octanol–water partition coefficient (Wildman–Crippen LogP) is 2.94. The zero-order valence-corrected chi connectivity index (χ0v) is 12.1. The molecule has 22 heavy (non-hydrogen) atoms. The number of nitrogens with zero attached hydrogens (tertiary/aromatic N) is 1. The molecule has 0 radical (unpaired) electrons. The van der Waals surface area contributed by atoms with E-state index in [1.165, 1.54) is 12.1 Å². The third-order valence-corrected chi connectivity index (χ3v) is 2.97. The summed E-state index contributed by atoms with van der Waals surface area (Å²) in [4.78, 5) is 4.13. The molecule has 0 aliphatic carbocycles. The predicted molar refractivity (Wildman–Crippen MR) is 83.2 cm³/mol. The van der Waals surface area contributed by atoms with Crippen LogP contribution < -0.4 is 15.8 Å². The molecule has 0 atom stereocenters. The fraction of sp³-hybridized carbons (Fsp3) is 0.188. The smallest absolute Gasteiger partial charge is 0.193 e. The first kappa shape index (κ1) is 15.8. The molecular weight excluding hydrogens is 288 g/mol. The number of halogens is 2. The van der Waals surface area contributed by atoms with Crippen LogP contribution in [0.15, 0.2) is 47.5 Å². The van der Waals surface area contributed by atoms with Gasteiger partial charge in [-0.2, -0.15) is 0 Å². The number of nitrogens with two attached hydrogens (primary N) is 1. The highest BCUT2D eigenvalue weighted by Crippen LogP contribution is 2.22. The van der Waals surface area contributed by atoms with Gasteiger partial charge in [0.15, 0.2) is 5.96 Å². The van der Waals surface area contributed by atoms with Gasteiger partial charge in [0.05, 0.1) is 12.8 Å². The first-order chi connectivity index (χ1) is 10.6. The van der Waals surface area contributed by atoms with Gasteiger partial charge in [-0.25, -0.2) is 8.78 Å². The highest BCUT2D eigenvalue weighted by Gasteiger charge is 2.03. The summed E-state index contributed by atoms with van der Waals surface area (Å²) in [6, 6.07) is 10.7. The van der Waals surface area contributed by atoms with E-state index in [1.54, 1.807) is 13.2 Å². The molecule has 0 fully saturated rings. The van der Waals surface area contributed by atoms with Gasteiger partial charge in [0, 0.05) is 12.6 Å².